The Morgan fingerprint density at radius 2 is 1.67 bits per heavy atom. The highest BCUT2D eigenvalue weighted by Gasteiger charge is 2.40. The summed E-state index contributed by atoms with van der Waals surface area (Å²) < 4.78 is 5.24. The molecule has 158 valence electrons. The molecule has 0 unspecified atom stereocenters. The van der Waals surface area contributed by atoms with Crippen molar-refractivity contribution < 1.29 is 24.2 Å². The summed E-state index contributed by atoms with van der Waals surface area (Å²) in [6.45, 7) is 1.94. The second kappa shape index (κ2) is 9.91. The third-order valence-corrected chi connectivity index (χ3v) is 5.24. The third kappa shape index (κ3) is 5.59. The Kier molecular flexibility index (Phi) is 7.06. The lowest BCUT2D eigenvalue weighted by Gasteiger charge is -2.22. The molecule has 1 aliphatic heterocycles. The molecule has 0 spiro atoms. The lowest BCUT2D eigenvalue weighted by Crippen LogP contribution is -2.50. The minimum absolute atomic E-state index is 0.0413. The molecule has 30 heavy (non-hydrogen) atoms. The van der Waals surface area contributed by atoms with Gasteiger partial charge in [-0.3, -0.25) is 9.69 Å². The van der Waals surface area contributed by atoms with E-state index in [1.54, 1.807) is 0 Å². The number of benzene rings is 2. The first-order valence-electron chi connectivity index (χ1n) is 9.98. The summed E-state index contributed by atoms with van der Waals surface area (Å²) in [5.41, 5.74) is 1.95. The predicted octanol–water partition coefficient (Wildman–Crippen LogP) is 2.85. The highest BCUT2D eigenvalue weighted by molar-refractivity contribution is 5.89. The molecule has 3 atom stereocenters. The van der Waals surface area contributed by atoms with Crippen LogP contribution in [-0.2, 0) is 27.4 Å². The molecule has 0 aromatic heterocycles. The highest BCUT2D eigenvalue weighted by atomic mass is 16.5. The van der Waals surface area contributed by atoms with E-state index < -0.39 is 30.1 Å². The average Bonchev–Trinajstić information content (AvgIpc) is 3.17. The molecule has 2 aromatic rings. The maximum absolute atomic E-state index is 12.7. The Morgan fingerprint density at radius 1 is 1.07 bits per heavy atom. The van der Waals surface area contributed by atoms with E-state index in [-0.39, 0.29) is 19.1 Å². The molecule has 0 bridgehead atoms. The van der Waals surface area contributed by atoms with E-state index in [9.17, 15) is 19.5 Å². The minimum Gasteiger partial charge on any atom is -0.465 e. The second-order valence-electron chi connectivity index (χ2n) is 7.57. The fraction of sp³-hybridized carbons (Fsp3) is 0.348. The number of nitrogens with zero attached hydrogens (tertiary/aromatic N) is 1. The minimum atomic E-state index is -1.13. The molecule has 7 heteroatoms. The maximum Gasteiger partial charge on any atom is 0.407 e. The fourth-order valence-corrected chi connectivity index (χ4v) is 3.70. The van der Waals surface area contributed by atoms with Crippen LogP contribution in [0.15, 0.2) is 60.7 Å². The second-order valence-corrected chi connectivity index (χ2v) is 7.57. The van der Waals surface area contributed by atoms with Crippen molar-refractivity contribution in [2.75, 3.05) is 6.54 Å². The summed E-state index contributed by atoms with van der Waals surface area (Å²) in [7, 11) is 0. The standard InChI is InChI=1S/C23H26N2O5/c1-16(22(27)30-15-18-10-6-3-7-11-18)24-21(26)20-13-19(14-25(20)23(28)29)12-17-8-4-2-5-9-17/h2-11,16,19-20H,12-15H2,1H3,(H,24,26)(H,28,29)/t16-,19-,20+/m0/s1. The van der Waals surface area contributed by atoms with Crippen molar-refractivity contribution in [1.29, 1.82) is 0 Å². The Hall–Kier alpha value is -3.35. The smallest absolute Gasteiger partial charge is 0.407 e. The molecule has 2 aromatic carbocycles. The lowest BCUT2D eigenvalue weighted by atomic mass is 9.96. The van der Waals surface area contributed by atoms with Crippen LogP contribution in [0.1, 0.15) is 24.5 Å². The molecule has 0 radical (unpaired) electrons. The number of amides is 2. The zero-order valence-electron chi connectivity index (χ0n) is 16.9. The summed E-state index contributed by atoms with van der Waals surface area (Å²) in [5.74, 6) is -0.996. The quantitative estimate of drug-likeness (QED) is 0.685. The zero-order valence-corrected chi connectivity index (χ0v) is 16.9. The highest BCUT2D eigenvalue weighted by Crippen LogP contribution is 2.27. The van der Waals surface area contributed by atoms with Gasteiger partial charge in [0.15, 0.2) is 0 Å². The van der Waals surface area contributed by atoms with E-state index in [1.807, 2.05) is 60.7 Å². The molecule has 2 amide bonds. The summed E-state index contributed by atoms with van der Waals surface area (Å²) in [4.78, 5) is 37.7. The van der Waals surface area contributed by atoms with Gasteiger partial charge in [-0.05, 0) is 36.8 Å². The molecule has 3 rings (SSSR count). The van der Waals surface area contributed by atoms with Crippen molar-refractivity contribution in [2.24, 2.45) is 5.92 Å². The van der Waals surface area contributed by atoms with E-state index in [1.165, 1.54) is 6.92 Å². The molecular weight excluding hydrogens is 384 g/mol. The first-order valence-corrected chi connectivity index (χ1v) is 9.98. The molecule has 1 heterocycles. The monoisotopic (exact) mass is 410 g/mol. The topological polar surface area (TPSA) is 95.9 Å². The zero-order chi connectivity index (χ0) is 21.5. The number of esters is 1. The van der Waals surface area contributed by atoms with Gasteiger partial charge >= 0.3 is 12.1 Å². The van der Waals surface area contributed by atoms with Crippen LogP contribution >= 0.6 is 0 Å². The first-order chi connectivity index (χ1) is 14.4. The third-order valence-electron chi connectivity index (χ3n) is 5.24. The lowest BCUT2D eigenvalue weighted by molar-refractivity contribution is -0.149. The van der Waals surface area contributed by atoms with E-state index in [0.717, 1.165) is 16.0 Å². The van der Waals surface area contributed by atoms with Crippen LogP contribution in [0.5, 0.6) is 0 Å². The molecule has 7 nitrogen and oxygen atoms in total. The van der Waals surface area contributed by atoms with Gasteiger partial charge in [-0.2, -0.15) is 0 Å². The van der Waals surface area contributed by atoms with Crippen LogP contribution in [-0.4, -0.2) is 46.6 Å². The first kappa shape index (κ1) is 21.4. The van der Waals surface area contributed by atoms with Crippen LogP contribution in [0.25, 0.3) is 0 Å². The van der Waals surface area contributed by atoms with Gasteiger partial charge in [-0.25, -0.2) is 9.59 Å². The molecule has 2 N–H and O–H groups in total. The van der Waals surface area contributed by atoms with Crippen molar-refractivity contribution in [3.8, 4) is 0 Å². The predicted molar refractivity (Wildman–Crippen MR) is 111 cm³/mol. The Labute approximate surface area is 175 Å². The number of carbonyl (C=O) groups is 3. The summed E-state index contributed by atoms with van der Waals surface area (Å²) in [6.07, 6.45) is -0.0213. The van der Waals surface area contributed by atoms with Gasteiger partial charge in [0.05, 0.1) is 0 Å². The Bertz CT molecular complexity index is 872. The van der Waals surface area contributed by atoms with Gasteiger partial charge in [-0.1, -0.05) is 60.7 Å². The van der Waals surface area contributed by atoms with Gasteiger partial charge in [0.1, 0.15) is 18.7 Å². The molecule has 0 aliphatic carbocycles. The van der Waals surface area contributed by atoms with E-state index in [0.29, 0.717) is 12.8 Å². The van der Waals surface area contributed by atoms with Gasteiger partial charge in [0, 0.05) is 6.54 Å². The van der Waals surface area contributed by atoms with E-state index in [4.69, 9.17) is 4.74 Å². The van der Waals surface area contributed by atoms with Gasteiger partial charge in [0.2, 0.25) is 5.91 Å². The van der Waals surface area contributed by atoms with E-state index in [2.05, 4.69) is 5.32 Å². The number of nitrogens with one attached hydrogen (secondary N) is 1. The van der Waals surface area contributed by atoms with Crippen molar-refractivity contribution in [2.45, 2.75) is 38.5 Å². The number of rotatable bonds is 7. The number of ether oxygens (including phenoxy) is 1. The SMILES string of the molecule is C[C@H](NC(=O)[C@H]1C[C@H](Cc2ccccc2)CN1C(=O)O)C(=O)OCc1ccccc1. The molecular formula is C23H26N2O5. The number of hydrogen-bond donors (Lipinski definition) is 2. The summed E-state index contributed by atoms with van der Waals surface area (Å²) in [6, 6.07) is 17.3. The average molecular weight is 410 g/mol. The van der Waals surface area contributed by atoms with E-state index >= 15 is 0 Å². The summed E-state index contributed by atoms with van der Waals surface area (Å²) in [5, 5.41) is 12.1. The van der Waals surface area contributed by atoms with Crippen LogP contribution in [0.2, 0.25) is 0 Å². The number of carbonyl (C=O) groups excluding carboxylic acids is 2. The van der Waals surface area contributed by atoms with Crippen LogP contribution < -0.4 is 5.32 Å². The Balaban J connectivity index is 1.55. The van der Waals surface area contributed by atoms with Crippen LogP contribution in [0.3, 0.4) is 0 Å². The normalized spacial score (nSPS) is 19.2. The van der Waals surface area contributed by atoms with Gasteiger partial charge in [-0.15, -0.1) is 0 Å². The maximum atomic E-state index is 12.7. The van der Waals surface area contributed by atoms with Crippen LogP contribution in [0, 0.1) is 5.92 Å². The van der Waals surface area contributed by atoms with Gasteiger partial charge < -0.3 is 15.2 Å². The number of likely N-dealkylation sites (tertiary alicyclic amines) is 1. The summed E-state index contributed by atoms with van der Waals surface area (Å²) >= 11 is 0. The van der Waals surface area contributed by atoms with Gasteiger partial charge in [0.25, 0.3) is 0 Å². The van der Waals surface area contributed by atoms with Crippen LogP contribution in [0.4, 0.5) is 4.79 Å². The molecule has 0 saturated carbocycles. The number of hydrogen-bond acceptors (Lipinski definition) is 4. The molecule has 1 saturated heterocycles. The largest absolute Gasteiger partial charge is 0.465 e. The molecule has 1 aliphatic rings. The van der Waals surface area contributed by atoms with Crippen molar-refractivity contribution in [3.05, 3.63) is 71.8 Å². The molecule has 1 fully saturated rings. The van der Waals surface area contributed by atoms with Crippen molar-refractivity contribution in [1.82, 2.24) is 10.2 Å². The van der Waals surface area contributed by atoms with Crippen molar-refractivity contribution >= 4 is 18.0 Å². The number of carboxylic acid groups (broad SMARTS) is 1. The van der Waals surface area contributed by atoms with Crippen molar-refractivity contribution in [3.63, 3.8) is 0 Å². The fourth-order valence-electron chi connectivity index (χ4n) is 3.70. The Morgan fingerprint density at radius 3 is 2.27 bits per heavy atom.